The van der Waals surface area contributed by atoms with Gasteiger partial charge in [0.05, 0.1) is 23.9 Å². The lowest BCUT2D eigenvalue weighted by Gasteiger charge is -2.38. The number of nitrogens with one attached hydrogen (secondary N) is 1. The fraction of sp³-hybridized carbons (Fsp3) is 0.273. The van der Waals surface area contributed by atoms with Crippen LogP contribution in [-0.2, 0) is 17.8 Å². The Labute approximate surface area is 248 Å². The third-order valence-electron chi connectivity index (χ3n) is 7.88. The quantitative estimate of drug-likeness (QED) is 0.367. The number of hydrogen-bond donors (Lipinski definition) is 2. The lowest BCUT2D eigenvalue weighted by Crippen LogP contribution is -2.43. The number of rotatable bonds is 2. The van der Waals surface area contributed by atoms with Gasteiger partial charge in [-0.2, -0.15) is 5.10 Å². The second kappa shape index (κ2) is 11.6. The van der Waals surface area contributed by atoms with Gasteiger partial charge in [-0.05, 0) is 91.4 Å². The zero-order valence-electron chi connectivity index (χ0n) is 24.0. The van der Waals surface area contributed by atoms with Crippen LogP contribution in [0.25, 0.3) is 0 Å². The van der Waals surface area contributed by atoms with Crippen molar-refractivity contribution >= 4 is 11.8 Å². The van der Waals surface area contributed by atoms with Crippen molar-refractivity contribution in [3.05, 3.63) is 111 Å². The van der Waals surface area contributed by atoms with E-state index in [9.17, 15) is 19.5 Å². The van der Waals surface area contributed by atoms with Crippen molar-refractivity contribution in [1.29, 1.82) is 0 Å². The third kappa shape index (κ3) is 5.81. The minimum Gasteiger partial charge on any atom is -0.507 e. The number of aromatic nitrogens is 2. The van der Waals surface area contributed by atoms with Crippen LogP contribution >= 0.6 is 0 Å². The van der Waals surface area contributed by atoms with Gasteiger partial charge < -0.3 is 24.8 Å². The smallest absolute Gasteiger partial charge is 0.267 e. The van der Waals surface area contributed by atoms with Gasteiger partial charge in [-0.15, -0.1) is 0 Å². The summed E-state index contributed by atoms with van der Waals surface area (Å²) in [5, 5.41) is 17.5. The second-order valence-electron chi connectivity index (χ2n) is 10.8. The number of benzene rings is 3. The first-order valence-corrected chi connectivity index (χ1v) is 14.3. The van der Waals surface area contributed by atoms with Gasteiger partial charge in [0.25, 0.3) is 11.5 Å². The Kier molecular flexibility index (Phi) is 7.58. The molecule has 0 fully saturated rings. The summed E-state index contributed by atoms with van der Waals surface area (Å²) in [7, 11) is 0. The number of phenols is 1. The average Bonchev–Trinajstić information content (AvgIpc) is 2.99. The number of carbonyl (C=O) groups is 2. The van der Waals surface area contributed by atoms with Crippen molar-refractivity contribution in [1.82, 2.24) is 20.0 Å². The van der Waals surface area contributed by atoms with Gasteiger partial charge in [0.2, 0.25) is 5.91 Å². The minimum absolute atomic E-state index is 0.122. The largest absolute Gasteiger partial charge is 0.507 e. The molecule has 8 bridgehead atoms. The van der Waals surface area contributed by atoms with Crippen LogP contribution in [0.3, 0.4) is 0 Å². The highest BCUT2D eigenvalue weighted by Crippen LogP contribution is 2.39. The third-order valence-corrected chi connectivity index (χ3v) is 7.88. The Bertz CT molecular complexity index is 1780. The maximum atomic E-state index is 13.8. The fourth-order valence-corrected chi connectivity index (χ4v) is 5.53. The van der Waals surface area contributed by atoms with Gasteiger partial charge in [-0.3, -0.25) is 14.4 Å². The van der Waals surface area contributed by atoms with E-state index in [-0.39, 0.29) is 29.3 Å². The summed E-state index contributed by atoms with van der Waals surface area (Å²) in [6.45, 7) is 4.60. The van der Waals surface area contributed by atoms with Crippen LogP contribution in [0.15, 0.2) is 71.5 Å². The van der Waals surface area contributed by atoms with Crippen LogP contribution < -0.4 is 20.3 Å². The van der Waals surface area contributed by atoms with Crippen LogP contribution in [0.5, 0.6) is 23.0 Å². The topological polar surface area (TPSA) is 123 Å². The molecule has 0 aliphatic carbocycles. The molecule has 3 aliphatic heterocycles. The first-order valence-electron chi connectivity index (χ1n) is 14.3. The molecule has 10 nitrogen and oxygen atoms in total. The molecule has 1 aromatic heterocycles. The van der Waals surface area contributed by atoms with Crippen LogP contribution in [0, 0.1) is 13.8 Å². The number of amides is 2. The second-order valence-corrected chi connectivity index (χ2v) is 10.8. The molecule has 4 aromatic rings. The van der Waals surface area contributed by atoms with Gasteiger partial charge in [0, 0.05) is 19.2 Å². The predicted octanol–water partition coefficient (Wildman–Crippen LogP) is 4.04. The zero-order valence-corrected chi connectivity index (χ0v) is 24.0. The molecule has 7 rings (SSSR count). The van der Waals surface area contributed by atoms with Crippen LogP contribution in [-0.4, -0.2) is 51.3 Å². The number of ether oxygens (including phenoxy) is 2. The molecule has 0 radical (unpaired) electrons. The van der Waals surface area contributed by atoms with Crippen molar-refractivity contribution in [2.24, 2.45) is 0 Å². The highest BCUT2D eigenvalue weighted by molar-refractivity contribution is 5.97. The fourth-order valence-electron chi connectivity index (χ4n) is 5.53. The summed E-state index contributed by atoms with van der Waals surface area (Å²) < 4.78 is 13.4. The standard InChI is InChI=1S/C33H32N4O6/c1-20-15-30(39)37(35-21(20)2)19-31(40)36-13-11-22-16-25-7-9-27(22)32(36)23-5-3-6-24(17-23)42-14-4-12-34-33(41)28-18-26(43-25)8-10-29(28)38/h3,5-10,15-18,32,38H,4,11-14,19H2,1-2H3,(H,34,41). The molecule has 1 atom stereocenters. The monoisotopic (exact) mass is 580 g/mol. The van der Waals surface area contributed by atoms with E-state index in [1.807, 2.05) is 56.3 Å². The van der Waals surface area contributed by atoms with Gasteiger partial charge in [0.15, 0.2) is 0 Å². The molecule has 0 saturated heterocycles. The number of aryl methyl sites for hydroxylation is 2. The molecule has 2 N–H and O–H groups in total. The van der Waals surface area contributed by atoms with Crippen molar-refractivity contribution in [3.63, 3.8) is 0 Å². The van der Waals surface area contributed by atoms with E-state index >= 15 is 0 Å². The molecule has 43 heavy (non-hydrogen) atoms. The van der Waals surface area contributed by atoms with E-state index in [1.54, 1.807) is 11.0 Å². The van der Waals surface area contributed by atoms with E-state index in [0.29, 0.717) is 55.5 Å². The summed E-state index contributed by atoms with van der Waals surface area (Å²) in [4.78, 5) is 41.0. The van der Waals surface area contributed by atoms with Crippen molar-refractivity contribution in [2.45, 2.75) is 39.3 Å². The first kappa shape index (κ1) is 28.0. The van der Waals surface area contributed by atoms with Gasteiger partial charge >= 0.3 is 0 Å². The van der Waals surface area contributed by atoms with Gasteiger partial charge in [-0.1, -0.05) is 18.2 Å². The molecule has 1 unspecified atom stereocenters. The van der Waals surface area contributed by atoms with E-state index in [1.165, 1.54) is 22.9 Å². The molecule has 2 amide bonds. The Hall–Kier alpha value is -5.12. The van der Waals surface area contributed by atoms with Crippen molar-refractivity contribution < 1.29 is 24.2 Å². The van der Waals surface area contributed by atoms with E-state index in [2.05, 4.69) is 10.4 Å². The van der Waals surface area contributed by atoms with E-state index in [4.69, 9.17) is 9.47 Å². The summed E-state index contributed by atoms with van der Waals surface area (Å²) in [5.41, 5.74) is 4.11. The van der Waals surface area contributed by atoms with Crippen molar-refractivity contribution in [3.8, 4) is 23.0 Å². The number of hydrogen-bond acceptors (Lipinski definition) is 7. The zero-order chi connectivity index (χ0) is 30.1. The minimum atomic E-state index is -0.422. The Morgan fingerprint density at radius 1 is 1.02 bits per heavy atom. The van der Waals surface area contributed by atoms with E-state index in [0.717, 1.165) is 22.3 Å². The lowest BCUT2D eigenvalue weighted by molar-refractivity contribution is -0.134. The van der Waals surface area contributed by atoms with Gasteiger partial charge in [-0.25, -0.2) is 4.68 Å². The lowest BCUT2D eigenvalue weighted by atomic mass is 9.87. The SMILES string of the molecule is Cc1cc(=O)n(CC(=O)N2CCc3cc4ccc3C2c2cccc(c2)OCCCNC(=O)c2cc(ccc2O)O4)nc1C. The normalized spacial score (nSPS) is 16.4. The van der Waals surface area contributed by atoms with Crippen LogP contribution in [0.2, 0.25) is 0 Å². The number of nitrogens with zero attached hydrogens (tertiary/aromatic N) is 3. The molecular weight excluding hydrogens is 548 g/mol. The molecule has 4 heterocycles. The summed E-state index contributed by atoms with van der Waals surface area (Å²) in [6, 6.07) is 19.0. The molecular formula is C33H32N4O6. The van der Waals surface area contributed by atoms with Crippen LogP contribution in [0.4, 0.5) is 0 Å². The van der Waals surface area contributed by atoms with Crippen molar-refractivity contribution in [2.75, 3.05) is 19.7 Å². The first-order chi connectivity index (χ1) is 20.8. The Balaban J connectivity index is 1.40. The predicted molar refractivity (Wildman–Crippen MR) is 159 cm³/mol. The molecule has 0 saturated carbocycles. The Morgan fingerprint density at radius 3 is 2.70 bits per heavy atom. The van der Waals surface area contributed by atoms with Gasteiger partial charge in [0.1, 0.15) is 29.5 Å². The number of phenolic OH excluding ortho intramolecular Hbond substituents is 1. The number of carbonyl (C=O) groups excluding carboxylic acids is 2. The molecule has 10 heteroatoms. The molecule has 3 aromatic carbocycles. The summed E-state index contributed by atoms with van der Waals surface area (Å²) >= 11 is 0. The highest BCUT2D eigenvalue weighted by Gasteiger charge is 2.33. The van der Waals surface area contributed by atoms with E-state index < -0.39 is 11.9 Å². The molecule has 220 valence electrons. The maximum Gasteiger partial charge on any atom is 0.267 e. The Morgan fingerprint density at radius 2 is 1.84 bits per heavy atom. The van der Waals surface area contributed by atoms with Crippen LogP contribution in [0.1, 0.15) is 50.8 Å². The summed E-state index contributed by atoms with van der Waals surface area (Å²) in [5.74, 6) is 0.872. The maximum absolute atomic E-state index is 13.8. The number of aromatic hydroxyl groups is 1. The summed E-state index contributed by atoms with van der Waals surface area (Å²) in [6.07, 6.45) is 1.12. The average molecular weight is 581 g/mol. The highest BCUT2D eigenvalue weighted by atomic mass is 16.5. The molecule has 3 aliphatic rings. The molecule has 0 spiro atoms. The number of fused-ring (bicyclic) bond motifs is 6.